The van der Waals surface area contributed by atoms with E-state index in [9.17, 15) is 0 Å². The molecule has 1 aromatic heterocycles. The molecule has 268 valence electrons. The van der Waals surface area contributed by atoms with Crippen molar-refractivity contribution in [1.82, 2.24) is 4.57 Å². The minimum Gasteiger partial charge on any atom is -0.311 e. The fraction of sp³-hybridized carbons (Fsp3) is 0.0741. The van der Waals surface area contributed by atoms with Gasteiger partial charge in [0.2, 0.25) is 0 Å². The Kier molecular flexibility index (Phi) is 8.85. The Morgan fingerprint density at radius 2 is 0.821 bits per heavy atom. The van der Waals surface area contributed by atoms with E-state index < -0.39 is 0 Å². The van der Waals surface area contributed by atoms with Crippen LogP contribution < -0.4 is 4.90 Å². The molecule has 1 heterocycles. The molecule has 8 aromatic rings. The third-order valence-corrected chi connectivity index (χ3v) is 11.3. The molecule has 0 saturated carbocycles. The normalized spacial score (nSPS) is 13.9. The molecule has 0 saturated heterocycles. The molecule has 0 atom stereocenters. The number of nitrogens with zero attached hydrogens (tertiary/aromatic N) is 2. The number of aromatic nitrogens is 1. The second-order valence-electron chi connectivity index (χ2n) is 14.8. The van der Waals surface area contributed by atoms with Gasteiger partial charge in [-0.15, -0.1) is 0 Å². The average Bonchev–Trinajstić information content (AvgIpc) is 3.62. The molecule has 7 aromatic carbocycles. The van der Waals surface area contributed by atoms with Crippen LogP contribution in [0, 0.1) is 0 Å². The van der Waals surface area contributed by atoms with Gasteiger partial charge in [-0.2, -0.15) is 0 Å². The highest BCUT2D eigenvalue weighted by Crippen LogP contribution is 2.39. The van der Waals surface area contributed by atoms with Crippen molar-refractivity contribution in [2.45, 2.75) is 25.7 Å². The Balaban J connectivity index is 1.00. The Hall–Kier alpha value is -6.90. The largest absolute Gasteiger partial charge is 0.311 e. The fourth-order valence-electron chi connectivity index (χ4n) is 8.38. The second-order valence-corrected chi connectivity index (χ2v) is 14.8. The van der Waals surface area contributed by atoms with Crippen LogP contribution in [0.2, 0.25) is 0 Å². The van der Waals surface area contributed by atoms with Crippen LogP contribution in [-0.2, 0) is 0 Å². The summed E-state index contributed by atoms with van der Waals surface area (Å²) in [6.07, 6.45) is 18.2. The monoisotopic (exact) mass is 718 g/mol. The van der Waals surface area contributed by atoms with E-state index in [1.165, 1.54) is 72.0 Å². The van der Waals surface area contributed by atoms with Crippen LogP contribution in [0.25, 0.3) is 60.9 Å². The van der Waals surface area contributed by atoms with E-state index in [1.54, 1.807) is 0 Å². The number of hydrogen-bond acceptors (Lipinski definition) is 1. The van der Waals surface area contributed by atoms with Gasteiger partial charge >= 0.3 is 0 Å². The van der Waals surface area contributed by atoms with Gasteiger partial charge in [-0.05, 0) is 137 Å². The standard InChI is InChI=1S/C54H42N2/c1-4-12-39(13-5-1)42-20-29-47(30-21-42)55(48-31-22-43(23-32-48)40-14-6-2-7-15-40)49-33-26-45(27-34-49)46-28-37-54-52(38-46)51-18-10-11-19-53(51)56(54)50-35-24-44(25-36-50)41-16-8-3-9-17-41/h1,4-6,8,10-38H,2-3,7,9H2. The first-order valence-corrected chi connectivity index (χ1v) is 19.8. The zero-order valence-electron chi connectivity index (χ0n) is 31.4. The summed E-state index contributed by atoms with van der Waals surface area (Å²) in [5, 5.41) is 2.52. The molecule has 56 heavy (non-hydrogen) atoms. The van der Waals surface area contributed by atoms with Crippen LogP contribution in [0.3, 0.4) is 0 Å². The topological polar surface area (TPSA) is 8.17 Å². The molecule has 2 nitrogen and oxygen atoms in total. The van der Waals surface area contributed by atoms with Gasteiger partial charge in [-0.25, -0.2) is 0 Å². The third-order valence-electron chi connectivity index (χ3n) is 11.3. The molecule has 0 radical (unpaired) electrons. The van der Waals surface area contributed by atoms with Crippen molar-refractivity contribution in [2.24, 2.45) is 0 Å². The lowest BCUT2D eigenvalue weighted by molar-refractivity contribution is 1.04. The van der Waals surface area contributed by atoms with Gasteiger partial charge in [-0.3, -0.25) is 0 Å². The maximum absolute atomic E-state index is 2.40. The molecule has 2 aliphatic carbocycles. The van der Waals surface area contributed by atoms with Crippen molar-refractivity contribution in [3.05, 3.63) is 217 Å². The van der Waals surface area contributed by atoms with Crippen LogP contribution in [0.5, 0.6) is 0 Å². The van der Waals surface area contributed by atoms with Gasteiger partial charge in [-0.1, -0.05) is 140 Å². The van der Waals surface area contributed by atoms with Gasteiger partial charge in [0.05, 0.1) is 11.0 Å². The second kappa shape index (κ2) is 14.7. The smallest absolute Gasteiger partial charge is 0.0541 e. The zero-order valence-corrected chi connectivity index (χ0v) is 31.4. The van der Waals surface area contributed by atoms with Crippen molar-refractivity contribution in [2.75, 3.05) is 4.90 Å². The Bertz CT molecular complexity index is 2790. The number of rotatable bonds is 8. The Morgan fingerprint density at radius 1 is 0.357 bits per heavy atom. The predicted molar refractivity (Wildman–Crippen MR) is 239 cm³/mol. The predicted octanol–water partition coefficient (Wildman–Crippen LogP) is 15.1. The van der Waals surface area contributed by atoms with E-state index in [1.807, 2.05) is 0 Å². The number of anilines is 3. The molecule has 0 aliphatic heterocycles. The van der Waals surface area contributed by atoms with Gasteiger partial charge in [0, 0.05) is 33.5 Å². The highest BCUT2D eigenvalue weighted by molar-refractivity contribution is 6.10. The molecule has 0 fully saturated rings. The summed E-state index contributed by atoms with van der Waals surface area (Å²) < 4.78 is 2.40. The maximum Gasteiger partial charge on any atom is 0.0541 e. The summed E-state index contributed by atoms with van der Waals surface area (Å²) in [6.45, 7) is 0. The van der Waals surface area contributed by atoms with Crippen molar-refractivity contribution in [3.8, 4) is 27.9 Å². The van der Waals surface area contributed by atoms with Gasteiger partial charge in [0.25, 0.3) is 0 Å². The molecule has 0 spiro atoms. The van der Waals surface area contributed by atoms with Crippen molar-refractivity contribution >= 4 is 50.0 Å². The Labute approximate surface area is 329 Å². The Morgan fingerprint density at radius 3 is 1.39 bits per heavy atom. The molecular weight excluding hydrogens is 677 g/mol. The molecule has 0 bridgehead atoms. The van der Waals surface area contributed by atoms with E-state index in [0.717, 1.165) is 42.7 Å². The van der Waals surface area contributed by atoms with Crippen LogP contribution in [-0.4, -0.2) is 4.57 Å². The van der Waals surface area contributed by atoms with Crippen LogP contribution >= 0.6 is 0 Å². The lowest BCUT2D eigenvalue weighted by Crippen LogP contribution is -2.10. The van der Waals surface area contributed by atoms with E-state index in [-0.39, 0.29) is 0 Å². The van der Waals surface area contributed by atoms with Gasteiger partial charge in [0.15, 0.2) is 0 Å². The molecule has 0 N–H and O–H groups in total. The van der Waals surface area contributed by atoms with Crippen LogP contribution in [0.1, 0.15) is 36.8 Å². The lowest BCUT2D eigenvalue weighted by Gasteiger charge is -2.26. The van der Waals surface area contributed by atoms with E-state index in [0.29, 0.717) is 0 Å². The van der Waals surface area contributed by atoms with Crippen molar-refractivity contribution < 1.29 is 0 Å². The average molecular weight is 719 g/mol. The van der Waals surface area contributed by atoms with E-state index in [4.69, 9.17) is 0 Å². The zero-order chi connectivity index (χ0) is 37.3. The number of benzene rings is 7. The van der Waals surface area contributed by atoms with Crippen LogP contribution in [0.15, 0.2) is 206 Å². The molecular formula is C54H42N2. The van der Waals surface area contributed by atoms with Crippen LogP contribution in [0.4, 0.5) is 17.1 Å². The highest BCUT2D eigenvalue weighted by atomic mass is 15.1. The van der Waals surface area contributed by atoms with Crippen molar-refractivity contribution in [1.29, 1.82) is 0 Å². The molecule has 2 heteroatoms. The number of para-hydroxylation sites is 1. The van der Waals surface area contributed by atoms with Crippen molar-refractivity contribution in [3.63, 3.8) is 0 Å². The lowest BCUT2D eigenvalue weighted by atomic mass is 9.99. The first-order valence-electron chi connectivity index (χ1n) is 19.8. The summed E-state index contributed by atoms with van der Waals surface area (Å²) in [5.74, 6) is 0. The number of hydrogen-bond donors (Lipinski definition) is 0. The fourth-order valence-corrected chi connectivity index (χ4v) is 8.38. The summed E-state index contributed by atoms with van der Waals surface area (Å²) in [5.41, 5.74) is 16.9. The maximum atomic E-state index is 2.40. The summed E-state index contributed by atoms with van der Waals surface area (Å²) >= 11 is 0. The molecule has 0 unspecified atom stereocenters. The minimum atomic E-state index is 1.10. The first-order chi connectivity index (χ1) is 27.8. The SMILES string of the molecule is C1=CC(c2ccc(N(c3ccc(-c4ccccc4)cc3)c3ccc(-c4ccc5c(c4)c4ccccc4n5-c4ccc(C5=CCCC=C5)cc4)cc3)cc2)=CCC1. The minimum absolute atomic E-state index is 1.10. The third kappa shape index (κ3) is 6.40. The summed E-state index contributed by atoms with van der Waals surface area (Å²) in [7, 11) is 0. The van der Waals surface area contributed by atoms with E-state index >= 15 is 0 Å². The van der Waals surface area contributed by atoms with E-state index in [2.05, 4.69) is 216 Å². The number of fused-ring (bicyclic) bond motifs is 3. The summed E-state index contributed by atoms with van der Waals surface area (Å²) in [6, 6.07) is 62.3. The molecule has 0 amide bonds. The molecule has 2 aliphatic rings. The summed E-state index contributed by atoms with van der Waals surface area (Å²) in [4.78, 5) is 2.36. The van der Waals surface area contributed by atoms with Gasteiger partial charge < -0.3 is 9.47 Å². The number of allylic oxidation sites excluding steroid dienone is 8. The highest BCUT2D eigenvalue weighted by Gasteiger charge is 2.16. The first kappa shape index (κ1) is 33.7. The quantitative estimate of drug-likeness (QED) is 0.152. The van der Waals surface area contributed by atoms with Gasteiger partial charge in [0.1, 0.15) is 0 Å². The molecule has 10 rings (SSSR count).